The number of nitrogens with zero attached hydrogens (tertiary/aromatic N) is 5. The molecule has 0 unspecified atom stereocenters. The second-order valence-electron chi connectivity index (χ2n) is 6.24. The minimum Gasteiger partial charge on any atom is -0.383 e. The average molecular weight is 380 g/mol. The van der Waals surface area contributed by atoms with Gasteiger partial charge in [0, 0.05) is 51.3 Å². The van der Waals surface area contributed by atoms with E-state index in [1.165, 1.54) is 6.33 Å². The van der Waals surface area contributed by atoms with Gasteiger partial charge in [0.1, 0.15) is 23.0 Å². The number of rotatable bonds is 7. The highest BCUT2D eigenvalue weighted by Gasteiger charge is 2.40. The Hall–Kier alpha value is -2.39. The number of carbonyl (C=O) groups is 1. The molecule has 2 atom stereocenters. The first kappa shape index (κ1) is 18.4. The van der Waals surface area contributed by atoms with Gasteiger partial charge in [0.2, 0.25) is 5.91 Å². The van der Waals surface area contributed by atoms with Crippen molar-refractivity contribution in [3.63, 3.8) is 0 Å². The monoisotopic (exact) mass is 379 g/mol. The number of nitrogens with one attached hydrogen (secondary N) is 1. The number of hydrogen-bond acceptors (Lipinski definition) is 7. The molecule has 2 aromatic rings. The lowest BCUT2D eigenvalue weighted by atomic mass is 9.95. The molecular weight excluding hydrogens is 358 g/mol. The Morgan fingerprint density at radius 3 is 2.96 bits per heavy atom. The lowest BCUT2D eigenvalue weighted by molar-refractivity contribution is -0.129. The third-order valence-corrected chi connectivity index (χ3v) is 4.86. The number of carbonyl (C=O) groups excluding carboxylic acids is 1. The largest absolute Gasteiger partial charge is 0.383 e. The fraction of sp³-hybridized carbons (Fsp3) is 0.500. The highest BCUT2D eigenvalue weighted by atomic mass is 35.5. The zero-order valence-electron chi connectivity index (χ0n) is 14.7. The van der Waals surface area contributed by atoms with Crippen molar-refractivity contribution in [3.8, 4) is 0 Å². The van der Waals surface area contributed by atoms with Crippen LogP contribution in [0.15, 0.2) is 18.7 Å². The van der Waals surface area contributed by atoms with Crippen LogP contribution < -0.4 is 11.1 Å². The van der Waals surface area contributed by atoms with Crippen LogP contribution in [0, 0.1) is 5.92 Å². The van der Waals surface area contributed by atoms with Crippen LogP contribution in [0.4, 0.5) is 11.6 Å². The summed E-state index contributed by atoms with van der Waals surface area (Å²) in [6, 6.07) is -0.0863. The molecule has 3 heterocycles. The van der Waals surface area contributed by atoms with Gasteiger partial charge < -0.3 is 20.7 Å². The minimum absolute atomic E-state index is 0.0378. The number of ether oxygens (including phenoxy) is 1. The second kappa shape index (κ2) is 7.88. The van der Waals surface area contributed by atoms with Crippen molar-refractivity contribution in [1.29, 1.82) is 0 Å². The Kier molecular flexibility index (Phi) is 5.58. The summed E-state index contributed by atoms with van der Waals surface area (Å²) in [5.74, 6) is 0.816. The number of amides is 1. The lowest BCUT2D eigenvalue weighted by Crippen LogP contribution is -2.33. The molecule has 26 heavy (non-hydrogen) atoms. The van der Waals surface area contributed by atoms with Gasteiger partial charge in [-0.3, -0.25) is 9.48 Å². The van der Waals surface area contributed by atoms with Crippen molar-refractivity contribution >= 4 is 29.1 Å². The first-order valence-electron chi connectivity index (χ1n) is 8.28. The summed E-state index contributed by atoms with van der Waals surface area (Å²) in [6.45, 7) is 1.54. The van der Waals surface area contributed by atoms with Gasteiger partial charge in [-0.25, -0.2) is 9.97 Å². The average Bonchev–Trinajstić information content (AvgIpc) is 3.17. The number of halogens is 1. The first-order chi connectivity index (χ1) is 12.5. The molecule has 1 aliphatic heterocycles. The Bertz CT molecular complexity index is 782. The number of nitrogens with two attached hydrogens (primary N) is 1. The first-order valence-corrected chi connectivity index (χ1v) is 8.65. The van der Waals surface area contributed by atoms with Crippen LogP contribution in [0.2, 0.25) is 5.02 Å². The van der Waals surface area contributed by atoms with Gasteiger partial charge in [-0.15, -0.1) is 0 Å². The van der Waals surface area contributed by atoms with Crippen molar-refractivity contribution in [2.24, 2.45) is 13.0 Å². The highest BCUT2D eigenvalue weighted by molar-refractivity contribution is 6.35. The number of hydrogen-bond donors (Lipinski definition) is 2. The number of aryl methyl sites for hydroxylation is 1. The van der Waals surface area contributed by atoms with E-state index in [9.17, 15) is 4.79 Å². The normalized spacial score (nSPS) is 20.0. The van der Waals surface area contributed by atoms with Crippen LogP contribution in [0.1, 0.15) is 18.0 Å². The zero-order valence-corrected chi connectivity index (χ0v) is 15.5. The summed E-state index contributed by atoms with van der Waals surface area (Å²) in [5.41, 5.74) is 6.71. The summed E-state index contributed by atoms with van der Waals surface area (Å²) < 4.78 is 6.89. The van der Waals surface area contributed by atoms with E-state index in [1.54, 1.807) is 18.0 Å². The summed E-state index contributed by atoms with van der Waals surface area (Å²) >= 11 is 6.14. The van der Waals surface area contributed by atoms with E-state index in [1.807, 2.05) is 18.1 Å². The number of methoxy groups -OCH3 is 1. The van der Waals surface area contributed by atoms with E-state index in [0.29, 0.717) is 31.9 Å². The van der Waals surface area contributed by atoms with E-state index in [2.05, 4.69) is 20.4 Å². The van der Waals surface area contributed by atoms with Crippen LogP contribution >= 0.6 is 11.6 Å². The molecule has 3 rings (SSSR count). The molecule has 0 spiro atoms. The van der Waals surface area contributed by atoms with Crippen molar-refractivity contribution in [2.45, 2.75) is 12.5 Å². The topological polar surface area (TPSA) is 111 Å². The summed E-state index contributed by atoms with van der Waals surface area (Å²) in [7, 11) is 3.48. The molecule has 1 fully saturated rings. The van der Waals surface area contributed by atoms with E-state index in [0.717, 1.165) is 5.56 Å². The quantitative estimate of drug-likeness (QED) is 0.740. The van der Waals surface area contributed by atoms with Gasteiger partial charge in [-0.05, 0) is 0 Å². The van der Waals surface area contributed by atoms with Crippen molar-refractivity contribution in [3.05, 3.63) is 29.3 Å². The van der Waals surface area contributed by atoms with Gasteiger partial charge in [-0.1, -0.05) is 11.6 Å². The second-order valence-corrected chi connectivity index (χ2v) is 6.62. The molecule has 0 bridgehead atoms. The fourth-order valence-corrected chi connectivity index (χ4v) is 3.44. The number of aromatic nitrogens is 4. The smallest absolute Gasteiger partial charge is 0.223 e. The van der Waals surface area contributed by atoms with E-state index in [4.69, 9.17) is 22.1 Å². The SMILES string of the molecule is COCCN1C(=O)C[C@H](CNc2ncnc(N)c2Cl)[C@H]1c1cnn(C)c1. The standard InChI is InChI=1S/C16H22ClN7O2/c1-23-8-11(7-22-23)14-10(5-12(25)24(14)3-4-26-2)6-19-16-13(17)15(18)20-9-21-16/h7-10,14H,3-6H2,1-2H3,(H3,18,19,20,21)/t10-,14+/m1/s1. The molecule has 0 aromatic carbocycles. The maximum Gasteiger partial charge on any atom is 0.223 e. The number of nitrogen functional groups attached to an aromatic ring is 1. The van der Waals surface area contributed by atoms with Crippen molar-refractivity contribution in [1.82, 2.24) is 24.6 Å². The predicted molar refractivity (Wildman–Crippen MR) is 97.6 cm³/mol. The lowest BCUT2D eigenvalue weighted by Gasteiger charge is -2.27. The molecule has 140 valence electrons. The van der Waals surface area contributed by atoms with E-state index >= 15 is 0 Å². The zero-order chi connectivity index (χ0) is 18.7. The van der Waals surface area contributed by atoms with Gasteiger partial charge in [0.15, 0.2) is 0 Å². The third-order valence-electron chi connectivity index (χ3n) is 4.49. The molecule has 1 aliphatic rings. The summed E-state index contributed by atoms with van der Waals surface area (Å²) in [4.78, 5) is 22.4. The highest BCUT2D eigenvalue weighted by Crippen LogP contribution is 2.38. The molecule has 10 heteroatoms. The van der Waals surface area contributed by atoms with Crippen LogP contribution in [0.5, 0.6) is 0 Å². The number of likely N-dealkylation sites (tertiary alicyclic amines) is 1. The third kappa shape index (κ3) is 3.73. The van der Waals surface area contributed by atoms with Crippen LogP contribution in [0.25, 0.3) is 0 Å². The van der Waals surface area contributed by atoms with Crippen LogP contribution in [0.3, 0.4) is 0 Å². The molecule has 1 saturated heterocycles. The van der Waals surface area contributed by atoms with Gasteiger partial charge in [-0.2, -0.15) is 5.10 Å². The van der Waals surface area contributed by atoms with E-state index < -0.39 is 0 Å². The molecule has 3 N–H and O–H groups in total. The fourth-order valence-electron chi connectivity index (χ4n) is 3.28. The molecule has 0 radical (unpaired) electrons. The summed E-state index contributed by atoms with van der Waals surface area (Å²) in [5, 5.41) is 7.73. The van der Waals surface area contributed by atoms with Gasteiger partial charge in [0.05, 0.1) is 18.8 Å². The molecule has 1 amide bonds. The maximum absolute atomic E-state index is 12.6. The predicted octanol–water partition coefficient (Wildman–Crippen LogP) is 1.09. The van der Waals surface area contributed by atoms with E-state index in [-0.39, 0.29) is 28.7 Å². The Labute approximate surface area is 156 Å². The molecule has 2 aromatic heterocycles. The van der Waals surface area contributed by atoms with Crippen molar-refractivity contribution < 1.29 is 9.53 Å². The molecule has 0 saturated carbocycles. The van der Waals surface area contributed by atoms with Crippen LogP contribution in [-0.4, -0.2) is 57.4 Å². The maximum atomic E-state index is 12.6. The Morgan fingerprint density at radius 1 is 1.46 bits per heavy atom. The van der Waals surface area contributed by atoms with Gasteiger partial charge >= 0.3 is 0 Å². The molecular formula is C16H22ClN7O2. The van der Waals surface area contributed by atoms with Crippen LogP contribution in [-0.2, 0) is 16.6 Å². The Morgan fingerprint density at radius 2 is 2.27 bits per heavy atom. The Balaban J connectivity index is 1.79. The minimum atomic E-state index is -0.0863. The number of anilines is 2. The summed E-state index contributed by atoms with van der Waals surface area (Å²) in [6.07, 6.45) is 5.51. The van der Waals surface area contributed by atoms with Crippen molar-refractivity contribution in [2.75, 3.05) is 37.9 Å². The molecule has 0 aliphatic carbocycles. The van der Waals surface area contributed by atoms with Gasteiger partial charge in [0.25, 0.3) is 0 Å². The molecule has 9 nitrogen and oxygen atoms in total.